The number of nitrogens with two attached hydrogens (primary N) is 2. The first kappa shape index (κ1) is 82.7. The van der Waals surface area contributed by atoms with Gasteiger partial charge in [-0.3, -0.25) is 43.2 Å². The Balaban J connectivity index is 0.000000326. The number of aromatic hydroxyl groups is 15. The minimum Gasteiger partial charge on any atom is -0.504 e. The number of likely N-dealkylation sites (tertiary alicyclic amines) is 1. The van der Waals surface area contributed by atoms with Gasteiger partial charge in [0.2, 0.25) is 76.0 Å². The number of phenols is 15. The lowest BCUT2D eigenvalue weighted by atomic mass is 9.98. The quantitative estimate of drug-likeness (QED) is 0.0369. The van der Waals surface area contributed by atoms with Gasteiger partial charge in [0.15, 0.2) is 57.5 Å². The van der Waals surface area contributed by atoms with Crippen LogP contribution in [0, 0.1) is 5.92 Å². The number of nitrogens with zero attached hydrogens (tertiary/aromatic N) is 1. The van der Waals surface area contributed by atoms with Gasteiger partial charge in [0, 0.05) is 97.3 Å². The minimum atomic E-state index is -0.647. The van der Waals surface area contributed by atoms with E-state index in [1.165, 1.54) is 74.6 Å². The van der Waals surface area contributed by atoms with E-state index in [2.05, 4.69) is 31.9 Å². The molecule has 8 amide bonds. The maximum Gasteiger partial charge on any atom is 0.240 e. The lowest BCUT2D eigenvalue weighted by Gasteiger charge is -2.33. The molecule has 5 aromatic carbocycles. The maximum absolute atomic E-state index is 12.3. The first-order valence-corrected chi connectivity index (χ1v) is 31.8. The lowest BCUT2D eigenvalue weighted by molar-refractivity contribution is -0.141. The molecule has 7 rings (SSSR count). The molecule has 25 N–H and O–H groups in total. The Bertz CT molecular complexity index is 3640. The van der Waals surface area contributed by atoms with Gasteiger partial charge in [0.1, 0.15) is 11.8 Å². The number of hydrogen-bond donors (Lipinski definition) is 23. The molecule has 5 aromatic rings. The molecule has 0 saturated carbocycles. The Hall–Kier alpha value is -11.5. The van der Waals surface area contributed by atoms with Crippen LogP contribution < -0.4 is 43.4 Å². The molecule has 3 atom stereocenters. The fourth-order valence-corrected chi connectivity index (χ4v) is 9.62. The van der Waals surface area contributed by atoms with Crippen LogP contribution in [0.3, 0.4) is 0 Å². The molecule has 33 heteroatoms. The second kappa shape index (κ2) is 41.6. The second-order valence-corrected chi connectivity index (χ2v) is 22.9. The van der Waals surface area contributed by atoms with Crippen LogP contribution in [0.25, 0.3) is 0 Å². The summed E-state index contributed by atoms with van der Waals surface area (Å²) in [6.45, 7) is 5.20. The molecule has 2 unspecified atom stereocenters. The zero-order valence-corrected chi connectivity index (χ0v) is 55.5. The van der Waals surface area contributed by atoms with Crippen LogP contribution in [0.1, 0.15) is 112 Å². The fraction of sp³-hybridized carbons (Fsp3) is 0.418. The Morgan fingerprint density at radius 2 is 0.960 bits per heavy atom. The van der Waals surface area contributed by atoms with E-state index in [1.54, 1.807) is 4.90 Å². The molecule has 2 heterocycles. The molecule has 2 saturated heterocycles. The summed E-state index contributed by atoms with van der Waals surface area (Å²) in [4.78, 5) is 104. The fourth-order valence-electron chi connectivity index (χ4n) is 9.62. The molecule has 2 aliphatic rings. The van der Waals surface area contributed by atoms with E-state index in [-0.39, 0.29) is 133 Å². The van der Waals surface area contributed by atoms with E-state index in [1.807, 2.05) is 6.92 Å². The zero-order chi connectivity index (χ0) is 74.9. The third kappa shape index (κ3) is 26.8. The molecule has 0 aromatic heterocycles. The smallest absolute Gasteiger partial charge is 0.240 e. The van der Waals surface area contributed by atoms with Gasteiger partial charge in [-0.05, 0) is 117 Å². The standard InChI is InChI=1S/C16H22N2O5.C14H18N2O5.C13H18N2O5.C12H18N2O4.C12H15NO5/c17-16(23)11-5-1-2-9-18(11)13(20)6-3-4-10-7-8-12(19)15(22)14(10)21;17-10-3-1-8(12(19)13(10)20)5-6-15-14(21)9-2-4-11(18)16-7-9;1-8(16)14-7-5-11(18)15-6-4-9-2-3-10(17)13(20)12(9)19;1-2-8(13)12(18)14-6-5-7-3-4-9(15)11(17)10(7)16;1-13-10(16)5-3-8(14)6-7-2-4-9(15)12(18)11(7)17/h7-8,11,19,21-22H,1-6,9H2,(H2,17,23);1,3,9,17,19-20H,2,4-7H2,(H,15,21)(H,16,18);2-3,17,19-20H,4-7H2,1H3,(H,14,16)(H,15,18);3-4,8,15-17H,2,5-6,13H2,1H3,(H,14,18);2,4,15,17-18H,3,5-6H2,1H3,(H,13,16)/t;;;8-;/m...0./s1. The van der Waals surface area contributed by atoms with Gasteiger partial charge in [0.25, 0.3) is 0 Å². The summed E-state index contributed by atoms with van der Waals surface area (Å²) < 4.78 is 0. The van der Waals surface area contributed by atoms with Crippen molar-refractivity contribution in [2.24, 2.45) is 17.4 Å². The molecule has 100 heavy (non-hydrogen) atoms. The summed E-state index contributed by atoms with van der Waals surface area (Å²) in [6, 6.07) is 12.5. The van der Waals surface area contributed by atoms with E-state index in [9.17, 15) is 104 Å². The Kier molecular flexibility index (Phi) is 34.4. The average molecular weight is 1410 g/mol. The van der Waals surface area contributed by atoms with Crippen LogP contribution in [0.5, 0.6) is 86.2 Å². The van der Waals surface area contributed by atoms with Crippen molar-refractivity contribution in [1.82, 2.24) is 36.8 Å². The van der Waals surface area contributed by atoms with E-state index in [4.69, 9.17) is 26.8 Å². The summed E-state index contributed by atoms with van der Waals surface area (Å²) in [5, 5.41) is 156. The molecule has 2 aliphatic heterocycles. The molecule has 2 fully saturated rings. The van der Waals surface area contributed by atoms with E-state index >= 15 is 0 Å². The van der Waals surface area contributed by atoms with Crippen LogP contribution in [0.2, 0.25) is 0 Å². The Morgan fingerprint density at radius 1 is 0.520 bits per heavy atom. The third-order valence-electron chi connectivity index (χ3n) is 15.6. The molecule has 0 bridgehead atoms. The number of hydrogen-bond acceptors (Lipinski definition) is 25. The number of primary amides is 1. The molecule has 33 nitrogen and oxygen atoms in total. The summed E-state index contributed by atoms with van der Waals surface area (Å²) in [5.41, 5.74) is 12.8. The molecule has 0 radical (unpaired) electrons. The first-order valence-electron chi connectivity index (χ1n) is 31.8. The number of carbonyl (C=O) groups excluding carboxylic acids is 9. The van der Waals surface area contributed by atoms with Crippen molar-refractivity contribution in [2.75, 3.05) is 46.3 Å². The van der Waals surface area contributed by atoms with Crippen molar-refractivity contribution in [2.45, 2.75) is 129 Å². The van der Waals surface area contributed by atoms with Crippen molar-refractivity contribution in [3.8, 4) is 86.2 Å². The first-order chi connectivity index (χ1) is 47.2. The van der Waals surface area contributed by atoms with Crippen molar-refractivity contribution in [3.05, 3.63) is 88.5 Å². The van der Waals surface area contributed by atoms with Crippen molar-refractivity contribution in [1.29, 1.82) is 0 Å². The van der Waals surface area contributed by atoms with Gasteiger partial charge >= 0.3 is 0 Å². The summed E-state index contributed by atoms with van der Waals surface area (Å²) in [5.74, 6) is -9.07. The van der Waals surface area contributed by atoms with E-state index < -0.39 is 75.5 Å². The highest BCUT2D eigenvalue weighted by Crippen LogP contribution is 2.41. The van der Waals surface area contributed by atoms with Crippen LogP contribution in [-0.2, 0) is 75.3 Å². The number of phenolic OH excluding ortho intramolecular Hbond substituents is 15. The Morgan fingerprint density at radius 3 is 1.39 bits per heavy atom. The number of Topliss-reactive ketones (excluding diaryl/α,β-unsaturated/α-hetero) is 1. The van der Waals surface area contributed by atoms with Crippen LogP contribution in [0.4, 0.5) is 0 Å². The predicted molar refractivity (Wildman–Crippen MR) is 358 cm³/mol. The number of aryl methyl sites for hydroxylation is 1. The van der Waals surface area contributed by atoms with Crippen LogP contribution >= 0.6 is 0 Å². The van der Waals surface area contributed by atoms with Gasteiger partial charge in [-0.1, -0.05) is 37.3 Å². The highest BCUT2D eigenvalue weighted by Gasteiger charge is 2.31. The molecule has 548 valence electrons. The largest absolute Gasteiger partial charge is 0.504 e. The monoisotopic (exact) mass is 1410 g/mol. The van der Waals surface area contributed by atoms with Crippen molar-refractivity contribution >= 4 is 53.0 Å². The molecular formula is C67H91N9O24. The van der Waals surface area contributed by atoms with Gasteiger partial charge in [-0.2, -0.15) is 0 Å². The minimum absolute atomic E-state index is 0.0384. The number of nitrogens with one attached hydrogen (secondary N) is 6. The highest BCUT2D eigenvalue weighted by atomic mass is 16.4. The highest BCUT2D eigenvalue weighted by molar-refractivity contribution is 5.88. The summed E-state index contributed by atoms with van der Waals surface area (Å²) in [7, 11) is 1.48. The normalized spacial score (nSPS) is 13.9. The van der Waals surface area contributed by atoms with Crippen molar-refractivity contribution < 1.29 is 120 Å². The average Bonchev–Trinajstić information content (AvgIpc) is 0.883. The van der Waals surface area contributed by atoms with E-state index in [0.29, 0.717) is 106 Å². The van der Waals surface area contributed by atoms with Gasteiger partial charge in [0.05, 0.1) is 12.0 Å². The summed E-state index contributed by atoms with van der Waals surface area (Å²) >= 11 is 0. The molecule has 0 spiro atoms. The van der Waals surface area contributed by atoms with Gasteiger partial charge < -0.3 is 125 Å². The van der Waals surface area contributed by atoms with Crippen LogP contribution in [0.15, 0.2) is 60.7 Å². The zero-order valence-electron chi connectivity index (χ0n) is 55.5. The number of amides is 8. The van der Waals surface area contributed by atoms with Gasteiger partial charge in [-0.25, -0.2) is 0 Å². The maximum atomic E-state index is 12.3. The van der Waals surface area contributed by atoms with E-state index in [0.717, 1.165) is 12.8 Å². The summed E-state index contributed by atoms with van der Waals surface area (Å²) in [6.07, 6.45) is 6.03. The number of rotatable bonds is 25. The number of piperidine rings is 2. The number of carbonyl (C=O) groups is 9. The topological polar surface area (TPSA) is 585 Å². The SMILES string of the molecule is CC(=O)NCCC(=O)NCCc1ccc(O)c(O)c1O.CC[C@H](N)C(=O)NCCc1ccc(O)c(O)c1O.CNC(=O)CCC(=O)Cc1ccc(O)c(O)c1O.NC(=O)C1CCCCN1C(=O)CCCc1ccc(O)c(O)c1O.O=C1CCC(C(=O)NCCc2ccc(O)c(O)c2O)CN1. The second-order valence-electron chi connectivity index (χ2n) is 22.9. The van der Waals surface area contributed by atoms with Crippen molar-refractivity contribution in [3.63, 3.8) is 0 Å². The van der Waals surface area contributed by atoms with Gasteiger partial charge in [-0.15, -0.1) is 0 Å². The lowest BCUT2D eigenvalue weighted by Crippen LogP contribution is -2.50. The predicted octanol–water partition coefficient (Wildman–Crippen LogP) is 1.61. The third-order valence-corrected chi connectivity index (χ3v) is 15.6. The molecule has 0 aliphatic carbocycles. The number of benzene rings is 5. The number of ketones is 1. The van der Waals surface area contributed by atoms with Crippen LogP contribution in [-0.4, -0.2) is 193 Å². The molecular weight excluding hydrogens is 1310 g/mol. The Labute approximate surface area is 574 Å².